The maximum Gasteiger partial charge on any atom is 0.320 e. The molecule has 2 unspecified atom stereocenters. The summed E-state index contributed by atoms with van der Waals surface area (Å²) in [5.41, 5.74) is 0. The molecule has 1 aliphatic heterocycles. The molecule has 2 rings (SSSR count). The minimum Gasteiger partial charge on any atom is -0.480 e. The van der Waals surface area contributed by atoms with Crippen LogP contribution >= 0.6 is 0 Å². The summed E-state index contributed by atoms with van der Waals surface area (Å²) < 4.78 is 0. The van der Waals surface area contributed by atoms with Crippen molar-refractivity contribution in [1.82, 2.24) is 4.90 Å². The van der Waals surface area contributed by atoms with Gasteiger partial charge in [0.15, 0.2) is 0 Å². The van der Waals surface area contributed by atoms with Gasteiger partial charge in [0, 0.05) is 6.04 Å². The first-order valence-corrected chi connectivity index (χ1v) is 7.18. The van der Waals surface area contributed by atoms with Gasteiger partial charge < -0.3 is 5.11 Å². The molecular formula is C14H25NO2. The second-order valence-electron chi connectivity index (χ2n) is 5.73. The van der Waals surface area contributed by atoms with Crippen LogP contribution in [-0.2, 0) is 4.79 Å². The lowest BCUT2D eigenvalue weighted by Gasteiger charge is -2.36. The van der Waals surface area contributed by atoms with Crippen LogP contribution in [0.25, 0.3) is 0 Å². The van der Waals surface area contributed by atoms with E-state index in [1.165, 1.54) is 38.5 Å². The van der Waals surface area contributed by atoms with Crippen LogP contribution in [0.1, 0.15) is 58.3 Å². The standard InChI is InChI=1S/C14H25NO2/c1-11(12-7-4-5-8-12)15-10-6-2-3-9-13(15)14(16)17/h11-13H,2-10H2,1H3,(H,16,17). The zero-order valence-electron chi connectivity index (χ0n) is 10.9. The number of likely N-dealkylation sites (tertiary alicyclic amines) is 1. The van der Waals surface area contributed by atoms with E-state index in [1.807, 2.05) is 0 Å². The van der Waals surface area contributed by atoms with Gasteiger partial charge in [0.2, 0.25) is 0 Å². The molecule has 0 amide bonds. The third-order valence-corrected chi connectivity index (χ3v) is 4.68. The normalized spacial score (nSPS) is 30.1. The zero-order chi connectivity index (χ0) is 12.3. The van der Waals surface area contributed by atoms with E-state index in [9.17, 15) is 9.90 Å². The Bertz CT molecular complexity index is 261. The van der Waals surface area contributed by atoms with Crippen LogP contribution in [0.3, 0.4) is 0 Å². The minimum absolute atomic E-state index is 0.229. The van der Waals surface area contributed by atoms with E-state index in [2.05, 4.69) is 11.8 Å². The molecule has 1 heterocycles. The summed E-state index contributed by atoms with van der Waals surface area (Å²) in [5, 5.41) is 9.38. The van der Waals surface area contributed by atoms with E-state index in [-0.39, 0.29) is 6.04 Å². The molecule has 1 saturated heterocycles. The summed E-state index contributed by atoms with van der Waals surface area (Å²) in [6.45, 7) is 3.23. The third-order valence-electron chi connectivity index (χ3n) is 4.68. The summed E-state index contributed by atoms with van der Waals surface area (Å²) in [6, 6.07) is 0.227. The lowest BCUT2D eigenvalue weighted by Crippen LogP contribution is -2.48. The average molecular weight is 239 g/mol. The van der Waals surface area contributed by atoms with Crippen LogP contribution < -0.4 is 0 Å². The fraction of sp³-hybridized carbons (Fsp3) is 0.929. The van der Waals surface area contributed by atoms with Crippen LogP contribution in [0.15, 0.2) is 0 Å². The highest BCUT2D eigenvalue weighted by atomic mass is 16.4. The number of carbonyl (C=O) groups is 1. The smallest absolute Gasteiger partial charge is 0.320 e. The van der Waals surface area contributed by atoms with Gasteiger partial charge in [-0.1, -0.05) is 25.7 Å². The Labute approximate surface area is 104 Å². The fourth-order valence-electron chi connectivity index (χ4n) is 3.59. The molecule has 2 fully saturated rings. The van der Waals surface area contributed by atoms with Crippen molar-refractivity contribution in [3.05, 3.63) is 0 Å². The number of hydrogen-bond acceptors (Lipinski definition) is 2. The number of nitrogens with zero attached hydrogens (tertiary/aromatic N) is 1. The van der Waals surface area contributed by atoms with E-state index < -0.39 is 5.97 Å². The molecule has 0 aromatic heterocycles. The SMILES string of the molecule is CC(C1CCCC1)N1CCCCCC1C(=O)O. The first-order valence-electron chi connectivity index (χ1n) is 7.18. The molecule has 1 N–H and O–H groups in total. The molecule has 2 atom stereocenters. The van der Waals surface area contributed by atoms with Gasteiger partial charge >= 0.3 is 5.97 Å². The molecule has 17 heavy (non-hydrogen) atoms. The van der Waals surface area contributed by atoms with Crippen molar-refractivity contribution in [2.24, 2.45) is 5.92 Å². The Balaban J connectivity index is 2.05. The van der Waals surface area contributed by atoms with Gasteiger partial charge in [0.05, 0.1) is 0 Å². The Kier molecular flexibility index (Phi) is 4.43. The summed E-state index contributed by atoms with van der Waals surface area (Å²) in [4.78, 5) is 13.7. The van der Waals surface area contributed by atoms with Crippen molar-refractivity contribution in [1.29, 1.82) is 0 Å². The fourth-order valence-corrected chi connectivity index (χ4v) is 3.59. The summed E-state index contributed by atoms with van der Waals surface area (Å²) in [5.74, 6) is 0.117. The van der Waals surface area contributed by atoms with Crippen LogP contribution in [0.2, 0.25) is 0 Å². The number of rotatable bonds is 3. The van der Waals surface area contributed by atoms with Crippen molar-refractivity contribution < 1.29 is 9.90 Å². The van der Waals surface area contributed by atoms with Crippen molar-refractivity contribution >= 4 is 5.97 Å². The second kappa shape index (κ2) is 5.85. The number of aliphatic carboxylic acids is 1. The molecule has 0 spiro atoms. The lowest BCUT2D eigenvalue weighted by atomic mass is 9.96. The maximum absolute atomic E-state index is 11.4. The van der Waals surface area contributed by atoms with E-state index in [0.29, 0.717) is 6.04 Å². The second-order valence-corrected chi connectivity index (χ2v) is 5.73. The number of hydrogen-bond donors (Lipinski definition) is 1. The Morgan fingerprint density at radius 1 is 1.12 bits per heavy atom. The summed E-state index contributed by atoms with van der Waals surface area (Å²) in [6.07, 6.45) is 9.53. The van der Waals surface area contributed by atoms with E-state index in [1.54, 1.807) is 0 Å². The molecule has 2 aliphatic rings. The van der Waals surface area contributed by atoms with Gasteiger partial charge in [-0.25, -0.2) is 0 Å². The molecule has 0 radical (unpaired) electrons. The first-order chi connectivity index (χ1) is 8.20. The highest BCUT2D eigenvalue weighted by Crippen LogP contribution is 2.32. The molecule has 98 valence electrons. The molecule has 0 aromatic carbocycles. The van der Waals surface area contributed by atoms with Gasteiger partial charge in [0.1, 0.15) is 6.04 Å². The summed E-state index contributed by atoms with van der Waals surface area (Å²) in [7, 11) is 0. The van der Waals surface area contributed by atoms with E-state index in [0.717, 1.165) is 25.3 Å². The van der Waals surface area contributed by atoms with Crippen molar-refractivity contribution in [3.63, 3.8) is 0 Å². The highest BCUT2D eigenvalue weighted by Gasteiger charge is 2.34. The molecular weight excluding hydrogens is 214 g/mol. The monoisotopic (exact) mass is 239 g/mol. The Hall–Kier alpha value is -0.570. The molecule has 1 aliphatic carbocycles. The third kappa shape index (κ3) is 3.01. The molecule has 3 nitrogen and oxygen atoms in total. The van der Waals surface area contributed by atoms with Gasteiger partial charge in [0.25, 0.3) is 0 Å². The number of carboxylic acid groups (broad SMARTS) is 1. The predicted octanol–water partition coefficient (Wildman–Crippen LogP) is 2.89. The lowest BCUT2D eigenvalue weighted by molar-refractivity contribution is -0.144. The molecule has 0 aromatic rings. The van der Waals surface area contributed by atoms with Crippen LogP contribution in [0.4, 0.5) is 0 Å². The molecule has 1 saturated carbocycles. The molecule has 0 bridgehead atoms. The average Bonchev–Trinajstić information content (AvgIpc) is 2.71. The van der Waals surface area contributed by atoms with Crippen molar-refractivity contribution in [3.8, 4) is 0 Å². The topological polar surface area (TPSA) is 40.5 Å². The maximum atomic E-state index is 11.4. The van der Waals surface area contributed by atoms with E-state index in [4.69, 9.17) is 0 Å². The minimum atomic E-state index is -0.614. The molecule has 3 heteroatoms. The van der Waals surface area contributed by atoms with Gasteiger partial charge in [-0.15, -0.1) is 0 Å². The Morgan fingerprint density at radius 2 is 1.76 bits per heavy atom. The van der Waals surface area contributed by atoms with Gasteiger partial charge in [-0.05, 0) is 45.1 Å². The zero-order valence-corrected chi connectivity index (χ0v) is 10.9. The highest BCUT2D eigenvalue weighted by molar-refractivity contribution is 5.73. The van der Waals surface area contributed by atoms with Crippen molar-refractivity contribution in [2.75, 3.05) is 6.54 Å². The first kappa shape index (κ1) is 12.9. The van der Waals surface area contributed by atoms with Gasteiger partial charge in [-0.3, -0.25) is 9.69 Å². The predicted molar refractivity (Wildman–Crippen MR) is 68.0 cm³/mol. The van der Waals surface area contributed by atoms with Crippen LogP contribution in [-0.4, -0.2) is 34.6 Å². The van der Waals surface area contributed by atoms with Crippen molar-refractivity contribution in [2.45, 2.75) is 70.4 Å². The number of carboxylic acids is 1. The Morgan fingerprint density at radius 3 is 2.41 bits per heavy atom. The van der Waals surface area contributed by atoms with Crippen LogP contribution in [0, 0.1) is 5.92 Å². The van der Waals surface area contributed by atoms with E-state index >= 15 is 0 Å². The summed E-state index contributed by atoms with van der Waals surface area (Å²) >= 11 is 0. The quantitative estimate of drug-likeness (QED) is 0.823. The largest absolute Gasteiger partial charge is 0.480 e. The van der Waals surface area contributed by atoms with Gasteiger partial charge in [-0.2, -0.15) is 0 Å². The van der Waals surface area contributed by atoms with Crippen LogP contribution in [0.5, 0.6) is 0 Å².